The van der Waals surface area contributed by atoms with Crippen LogP contribution in [0.3, 0.4) is 0 Å². The van der Waals surface area contributed by atoms with E-state index in [-0.39, 0.29) is 11.7 Å². The van der Waals surface area contributed by atoms with Crippen LogP contribution in [0.4, 0.5) is 11.4 Å². The van der Waals surface area contributed by atoms with Crippen molar-refractivity contribution in [3.8, 4) is 5.75 Å². The van der Waals surface area contributed by atoms with Gasteiger partial charge in [-0.25, -0.2) is 8.42 Å². The zero-order chi connectivity index (χ0) is 18.9. The van der Waals surface area contributed by atoms with E-state index in [4.69, 9.17) is 4.74 Å². The first kappa shape index (κ1) is 17.6. The molecule has 2 aromatic carbocycles. The van der Waals surface area contributed by atoms with E-state index in [1.165, 1.54) is 10.4 Å². The molecule has 1 saturated heterocycles. The summed E-state index contributed by atoms with van der Waals surface area (Å²) in [6.07, 6.45) is 4.78. The van der Waals surface area contributed by atoms with Crippen molar-refractivity contribution >= 4 is 33.4 Å². The van der Waals surface area contributed by atoms with Gasteiger partial charge in [0.25, 0.3) is 0 Å². The number of carbonyl (C=O) groups is 1. The third-order valence-corrected chi connectivity index (χ3v) is 6.53. The Labute approximate surface area is 158 Å². The fourth-order valence-corrected chi connectivity index (χ4v) is 4.87. The molecule has 2 aliphatic rings. The van der Waals surface area contributed by atoms with Crippen molar-refractivity contribution in [3.63, 3.8) is 0 Å². The molecular formula is C20H20N2O4S. The highest BCUT2D eigenvalue weighted by molar-refractivity contribution is 7.93. The second-order valence-electron chi connectivity index (χ2n) is 6.58. The molecule has 27 heavy (non-hydrogen) atoms. The summed E-state index contributed by atoms with van der Waals surface area (Å²) in [4.78, 5) is 12.1. The fraction of sp³-hybridized carbons (Fsp3) is 0.250. The summed E-state index contributed by atoms with van der Waals surface area (Å²) in [5.74, 6) is 0.857. The number of sulfonamides is 1. The van der Waals surface area contributed by atoms with Gasteiger partial charge in [-0.05, 0) is 60.0 Å². The minimum Gasteiger partial charge on any atom is -0.493 e. The normalized spacial score (nSPS) is 17.7. The third kappa shape index (κ3) is 3.83. The van der Waals surface area contributed by atoms with Crippen molar-refractivity contribution in [2.24, 2.45) is 0 Å². The van der Waals surface area contributed by atoms with Crippen molar-refractivity contribution in [1.29, 1.82) is 0 Å². The van der Waals surface area contributed by atoms with Crippen LogP contribution in [0, 0.1) is 0 Å². The Morgan fingerprint density at radius 2 is 1.96 bits per heavy atom. The molecule has 0 bridgehead atoms. The van der Waals surface area contributed by atoms with Crippen LogP contribution in [0.5, 0.6) is 5.75 Å². The van der Waals surface area contributed by atoms with Gasteiger partial charge in [0.1, 0.15) is 5.75 Å². The van der Waals surface area contributed by atoms with Crippen LogP contribution >= 0.6 is 0 Å². The maximum absolute atomic E-state index is 12.1. The number of benzene rings is 2. The Hall–Kier alpha value is -2.80. The van der Waals surface area contributed by atoms with E-state index in [0.717, 1.165) is 23.3 Å². The Bertz CT molecular complexity index is 997. The summed E-state index contributed by atoms with van der Waals surface area (Å²) in [7, 11) is -3.19. The highest BCUT2D eigenvalue weighted by atomic mass is 32.2. The Balaban J connectivity index is 1.39. The molecule has 2 aliphatic heterocycles. The lowest BCUT2D eigenvalue weighted by atomic mass is 10.1. The highest BCUT2D eigenvalue weighted by Gasteiger charge is 2.28. The number of carbonyl (C=O) groups excluding carboxylic acids is 1. The van der Waals surface area contributed by atoms with Crippen LogP contribution in [0.1, 0.15) is 17.5 Å². The Morgan fingerprint density at radius 3 is 2.70 bits per heavy atom. The molecule has 4 rings (SSSR count). The number of hydrogen-bond acceptors (Lipinski definition) is 4. The number of ether oxygens (including phenoxy) is 1. The lowest BCUT2D eigenvalue weighted by Gasteiger charge is -2.17. The zero-order valence-corrected chi connectivity index (χ0v) is 15.5. The fourth-order valence-electron chi connectivity index (χ4n) is 3.31. The maximum Gasteiger partial charge on any atom is 0.248 e. The highest BCUT2D eigenvalue weighted by Crippen LogP contribution is 2.27. The van der Waals surface area contributed by atoms with Crippen LogP contribution < -0.4 is 14.4 Å². The van der Waals surface area contributed by atoms with Crippen molar-refractivity contribution in [2.75, 3.05) is 28.5 Å². The molecule has 0 aromatic heterocycles. The predicted molar refractivity (Wildman–Crippen MR) is 105 cm³/mol. The molecule has 0 spiro atoms. The van der Waals surface area contributed by atoms with Crippen LogP contribution in [0.25, 0.3) is 6.08 Å². The summed E-state index contributed by atoms with van der Waals surface area (Å²) < 4.78 is 30.8. The number of rotatable bonds is 4. The lowest BCUT2D eigenvalue weighted by Crippen LogP contribution is -2.24. The number of nitrogens with one attached hydrogen (secondary N) is 1. The summed E-state index contributed by atoms with van der Waals surface area (Å²) in [6, 6.07) is 12.7. The number of anilines is 2. The first-order chi connectivity index (χ1) is 13.0. The van der Waals surface area contributed by atoms with Crippen LogP contribution in [-0.2, 0) is 21.2 Å². The van der Waals surface area contributed by atoms with Gasteiger partial charge in [0.15, 0.2) is 0 Å². The van der Waals surface area contributed by atoms with Crippen molar-refractivity contribution < 1.29 is 17.9 Å². The van der Waals surface area contributed by atoms with Crippen LogP contribution in [0.15, 0.2) is 48.5 Å². The molecule has 0 atom stereocenters. The van der Waals surface area contributed by atoms with Gasteiger partial charge in [-0.15, -0.1) is 0 Å². The summed E-state index contributed by atoms with van der Waals surface area (Å²) in [6.45, 7) is 1.21. The average molecular weight is 384 g/mol. The van der Waals surface area contributed by atoms with E-state index in [1.54, 1.807) is 30.3 Å². The quantitative estimate of drug-likeness (QED) is 0.823. The lowest BCUT2D eigenvalue weighted by molar-refractivity contribution is -0.111. The minimum absolute atomic E-state index is 0.186. The van der Waals surface area contributed by atoms with E-state index < -0.39 is 10.0 Å². The molecule has 1 fully saturated rings. The van der Waals surface area contributed by atoms with Gasteiger partial charge in [-0.1, -0.05) is 6.07 Å². The van der Waals surface area contributed by atoms with Gasteiger partial charge in [0.2, 0.25) is 15.9 Å². The topological polar surface area (TPSA) is 75.7 Å². The number of fused-ring (bicyclic) bond motifs is 1. The molecule has 2 heterocycles. The molecule has 7 heteroatoms. The molecule has 0 radical (unpaired) electrons. The van der Waals surface area contributed by atoms with Gasteiger partial charge in [0, 0.05) is 24.7 Å². The van der Waals surface area contributed by atoms with E-state index >= 15 is 0 Å². The van der Waals surface area contributed by atoms with Gasteiger partial charge >= 0.3 is 0 Å². The smallest absolute Gasteiger partial charge is 0.248 e. The van der Waals surface area contributed by atoms with Gasteiger partial charge in [-0.3, -0.25) is 9.10 Å². The van der Waals surface area contributed by atoms with E-state index in [2.05, 4.69) is 5.32 Å². The van der Waals surface area contributed by atoms with Gasteiger partial charge in [0.05, 0.1) is 18.0 Å². The summed E-state index contributed by atoms with van der Waals surface area (Å²) >= 11 is 0. The largest absolute Gasteiger partial charge is 0.493 e. The molecule has 2 aromatic rings. The Kier molecular flexibility index (Phi) is 4.61. The van der Waals surface area contributed by atoms with Crippen molar-refractivity contribution in [3.05, 3.63) is 59.7 Å². The average Bonchev–Trinajstić information content (AvgIpc) is 3.26. The minimum atomic E-state index is -3.19. The standard InChI is InChI=1S/C20H20N2O4S/c23-20(9-3-15-2-8-19-16(14-15)10-12-26-19)21-17-4-6-18(7-5-17)22-11-1-13-27(22,24)25/h2-9,14H,1,10-13H2,(H,21,23)/b9-3+. The molecule has 1 amide bonds. The number of nitrogens with zero attached hydrogens (tertiary/aromatic N) is 1. The first-order valence-electron chi connectivity index (χ1n) is 8.86. The SMILES string of the molecule is O=C(/C=C/c1ccc2c(c1)CCO2)Nc1ccc(N2CCCS2(=O)=O)cc1. The van der Waals surface area contributed by atoms with Gasteiger partial charge in [-0.2, -0.15) is 0 Å². The van der Waals surface area contributed by atoms with Crippen molar-refractivity contribution in [2.45, 2.75) is 12.8 Å². The second-order valence-corrected chi connectivity index (χ2v) is 8.59. The molecule has 140 valence electrons. The first-order valence-corrected chi connectivity index (χ1v) is 10.5. The van der Waals surface area contributed by atoms with E-state index in [1.807, 2.05) is 18.2 Å². The summed E-state index contributed by atoms with van der Waals surface area (Å²) in [5.41, 5.74) is 3.35. The second kappa shape index (κ2) is 7.08. The van der Waals surface area contributed by atoms with E-state index in [0.29, 0.717) is 30.9 Å². The number of hydrogen-bond donors (Lipinski definition) is 1. The monoisotopic (exact) mass is 384 g/mol. The van der Waals surface area contributed by atoms with E-state index in [9.17, 15) is 13.2 Å². The molecule has 0 unspecified atom stereocenters. The van der Waals surface area contributed by atoms with Crippen molar-refractivity contribution in [1.82, 2.24) is 0 Å². The molecule has 0 saturated carbocycles. The summed E-state index contributed by atoms with van der Waals surface area (Å²) in [5, 5.41) is 2.78. The Morgan fingerprint density at radius 1 is 1.15 bits per heavy atom. The third-order valence-electron chi connectivity index (χ3n) is 4.66. The van der Waals surface area contributed by atoms with Crippen LogP contribution in [-0.4, -0.2) is 33.2 Å². The van der Waals surface area contributed by atoms with Gasteiger partial charge < -0.3 is 10.1 Å². The predicted octanol–water partition coefficient (Wildman–Crippen LogP) is 2.81. The molecular weight excluding hydrogens is 364 g/mol. The molecule has 0 aliphatic carbocycles. The maximum atomic E-state index is 12.1. The number of amides is 1. The molecule has 1 N–H and O–H groups in total. The zero-order valence-electron chi connectivity index (χ0n) is 14.7. The van der Waals surface area contributed by atoms with Crippen LogP contribution in [0.2, 0.25) is 0 Å². The molecule has 6 nitrogen and oxygen atoms in total.